The number of hydrogen-bond acceptors (Lipinski definition) is 5. The average molecular weight is 418 g/mol. The summed E-state index contributed by atoms with van der Waals surface area (Å²) in [6, 6.07) is 5.75. The van der Waals surface area contributed by atoms with Crippen LogP contribution in [0.3, 0.4) is 0 Å². The maximum atomic E-state index is 13.0. The second-order valence-electron chi connectivity index (χ2n) is 7.92. The van der Waals surface area contributed by atoms with Gasteiger partial charge in [-0.15, -0.1) is 0 Å². The van der Waals surface area contributed by atoms with E-state index in [0.717, 1.165) is 25.7 Å². The standard InChI is InChI=1S/C22H31N3O5/c1-14(2)23-22(29)24-19(26)15(3)30-21(28)18-13-9-8-12-17(18)20(27)25(4)16-10-6-5-7-11-16/h8-9,12-16H,5-7,10-11H2,1-4H3,(H2,23,24,26,29). The molecule has 1 unspecified atom stereocenters. The molecule has 8 nitrogen and oxygen atoms in total. The van der Waals surface area contributed by atoms with E-state index < -0.39 is 24.0 Å². The van der Waals surface area contributed by atoms with E-state index in [0.29, 0.717) is 0 Å². The zero-order chi connectivity index (χ0) is 22.3. The lowest BCUT2D eigenvalue weighted by Crippen LogP contribution is -2.46. The molecule has 2 N–H and O–H groups in total. The number of carbonyl (C=O) groups is 4. The van der Waals surface area contributed by atoms with Gasteiger partial charge in [-0.2, -0.15) is 0 Å². The van der Waals surface area contributed by atoms with Crippen molar-refractivity contribution in [2.45, 2.75) is 71.1 Å². The summed E-state index contributed by atoms with van der Waals surface area (Å²) in [6.07, 6.45) is 4.05. The molecule has 1 fully saturated rings. The topological polar surface area (TPSA) is 105 Å². The number of benzene rings is 1. The van der Waals surface area contributed by atoms with Gasteiger partial charge in [-0.25, -0.2) is 9.59 Å². The van der Waals surface area contributed by atoms with Gasteiger partial charge in [0.15, 0.2) is 6.10 Å². The Labute approximate surface area is 177 Å². The molecule has 0 spiro atoms. The summed E-state index contributed by atoms with van der Waals surface area (Å²) in [4.78, 5) is 51.2. The first kappa shape index (κ1) is 23.4. The SMILES string of the molecule is CC(C)NC(=O)NC(=O)C(C)OC(=O)c1ccccc1C(=O)N(C)C1CCCCC1. The summed E-state index contributed by atoms with van der Waals surface area (Å²) in [5, 5.41) is 4.64. The normalized spacial score (nSPS) is 15.2. The Morgan fingerprint density at radius 3 is 2.20 bits per heavy atom. The van der Waals surface area contributed by atoms with Crippen LogP contribution in [0.5, 0.6) is 0 Å². The quantitative estimate of drug-likeness (QED) is 0.693. The number of carbonyl (C=O) groups excluding carboxylic acids is 4. The van der Waals surface area contributed by atoms with Crippen molar-refractivity contribution < 1.29 is 23.9 Å². The van der Waals surface area contributed by atoms with Crippen molar-refractivity contribution in [3.63, 3.8) is 0 Å². The molecule has 30 heavy (non-hydrogen) atoms. The van der Waals surface area contributed by atoms with Crippen molar-refractivity contribution in [2.24, 2.45) is 0 Å². The van der Waals surface area contributed by atoms with Gasteiger partial charge in [-0.05, 0) is 45.7 Å². The van der Waals surface area contributed by atoms with Crippen molar-refractivity contribution in [1.29, 1.82) is 0 Å². The maximum absolute atomic E-state index is 13.0. The maximum Gasteiger partial charge on any atom is 0.339 e. The third-order valence-corrected chi connectivity index (χ3v) is 5.13. The number of nitrogens with zero attached hydrogens (tertiary/aromatic N) is 1. The lowest BCUT2D eigenvalue weighted by molar-refractivity contribution is -0.127. The number of amides is 4. The molecule has 164 valence electrons. The largest absolute Gasteiger partial charge is 0.449 e. The van der Waals surface area contributed by atoms with Gasteiger partial charge in [0.1, 0.15) is 0 Å². The molecule has 1 saturated carbocycles. The third-order valence-electron chi connectivity index (χ3n) is 5.13. The minimum absolute atomic E-state index is 0.0939. The third kappa shape index (κ3) is 6.30. The Morgan fingerprint density at radius 1 is 1.00 bits per heavy atom. The van der Waals surface area contributed by atoms with Crippen molar-refractivity contribution in [1.82, 2.24) is 15.5 Å². The molecule has 4 amide bonds. The molecular weight excluding hydrogens is 386 g/mol. The van der Waals surface area contributed by atoms with Gasteiger partial charge in [0.25, 0.3) is 11.8 Å². The summed E-state index contributed by atoms with van der Waals surface area (Å²) >= 11 is 0. The summed E-state index contributed by atoms with van der Waals surface area (Å²) < 4.78 is 5.22. The van der Waals surface area contributed by atoms with Gasteiger partial charge in [-0.3, -0.25) is 14.9 Å². The molecule has 0 aromatic heterocycles. The van der Waals surface area contributed by atoms with Crippen LogP contribution < -0.4 is 10.6 Å². The Morgan fingerprint density at radius 2 is 1.60 bits per heavy atom. The van der Waals surface area contributed by atoms with E-state index in [2.05, 4.69) is 10.6 Å². The molecule has 0 heterocycles. The number of urea groups is 1. The highest BCUT2D eigenvalue weighted by Gasteiger charge is 2.28. The molecule has 2 rings (SSSR count). The number of esters is 1. The van der Waals surface area contributed by atoms with Gasteiger partial charge in [0.05, 0.1) is 11.1 Å². The zero-order valence-corrected chi connectivity index (χ0v) is 18.1. The van der Waals surface area contributed by atoms with Crippen molar-refractivity contribution >= 4 is 23.8 Å². The first-order chi connectivity index (χ1) is 14.2. The van der Waals surface area contributed by atoms with Crippen LogP contribution in [0.25, 0.3) is 0 Å². The van der Waals surface area contributed by atoms with Crippen LogP contribution in [0, 0.1) is 0 Å². The van der Waals surface area contributed by atoms with Gasteiger partial charge in [0.2, 0.25) is 0 Å². The molecule has 0 aliphatic heterocycles. The molecule has 1 aromatic rings. The first-order valence-corrected chi connectivity index (χ1v) is 10.4. The smallest absolute Gasteiger partial charge is 0.339 e. The molecule has 1 aliphatic rings. The van der Waals surface area contributed by atoms with Crippen molar-refractivity contribution in [2.75, 3.05) is 7.05 Å². The van der Waals surface area contributed by atoms with E-state index >= 15 is 0 Å². The molecule has 1 aliphatic carbocycles. The van der Waals surface area contributed by atoms with Crippen LogP contribution in [0.4, 0.5) is 4.79 Å². The molecule has 0 radical (unpaired) electrons. The Bertz CT molecular complexity index is 787. The fourth-order valence-electron chi connectivity index (χ4n) is 3.46. The fraction of sp³-hybridized carbons (Fsp3) is 0.545. The van der Waals surface area contributed by atoms with E-state index in [1.54, 1.807) is 44.0 Å². The van der Waals surface area contributed by atoms with E-state index in [1.807, 2.05) is 0 Å². The highest BCUT2D eigenvalue weighted by Crippen LogP contribution is 2.24. The minimum Gasteiger partial charge on any atom is -0.449 e. The lowest BCUT2D eigenvalue weighted by atomic mass is 9.94. The van der Waals surface area contributed by atoms with Crippen molar-refractivity contribution in [3.8, 4) is 0 Å². The molecule has 1 aromatic carbocycles. The van der Waals surface area contributed by atoms with Crippen molar-refractivity contribution in [3.05, 3.63) is 35.4 Å². The summed E-state index contributed by atoms with van der Waals surface area (Å²) in [5.74, 6) is -1.78. The number of hydrogen-bond donors (Lipinski definition) is 2. The number of ether oxygens (including phenoxy) is 1. The fourth-order valence-corrected chi connectivity index (χ4v) is 3.46. The van der Waals surface area contributed by atoms with Crippen LogP contribution in [0.15, 0.2) is 24.3 Å². The molecule has 1 atom stereocenters. The van der Waals surface area contributed by atoms with Gasteiger partial charge >= 0.3 is 12.0 Å². The van der Waals surface area contributed by atoms with E-state index in [-0.39, 0.29) is 29.1 Å². The number of nitrogens with one attached hydrogen (secondary N) is 2. The first-order valence-electron chi connectivity index (χ1n) is 10.4. The Balaban J connectivity index is 2.06. The predicted molar refractivity (Wildman–Crippen MR) is 112 cm³/mol. The second-order valence-corrected chi connectivity index (χ2v) is 7.92. The summed E-state index contributed by atoms with van der Waals surface area (Å²) in [7, 11) is 1.75. The molecular formula is C22H31N3O5. The second kappa shape index (κ2) is 10.8. The highest BCUT2D eigenvalue weighted by atomic mass is 16.5. The predicted octanol–water partition coefficient (Wildman–Crippen LogP) is 2.87. The van der Waals surface area contributed by atoms with E-state index in [1.165, 1.54) is 19.4 Å². The average Bonchev–Trinajstić information content (AvgIpc) is 2.72. The number of rotatable bonds is 6. The van der Waals surface area contributed by atoms with Gasteiger partial charge < -0.3 is 15.0 Å². The molecule has 8 heteroatoms. The Kier molecular flexibility index (Phi) is 8.38. The Hall–Kier alpha value is -2.90. The van der Waals surface area contributed by atoms with Gasteiger partial charge in [0, 0.05) is 19.1 Å². The van der Waals surface area contributed by atoms with E-state index in [4.69, 9.17) is 4.74 Å². The zero-order valence-electron chi connectivity index (χ0n) is 18.1. The van der Waals surface area contributed by atoms with Crippen LogP contribution in [-0.4, -0.2) is 54.0 Å². The molecule has 0 saturated heterocycles. The monoisotopic (exact) mass is 417 g/mol. The van der Waals surface area contributed by atoms with Crippen LogP contribution in [0.2, 0.25) is 0 Å². The van der Waals surface area contributed by atoms with Gasteiger partial charge in [-0.1, -0.05) is 31.4 Å². The van der Waals surface area contributed by atoms with Crippen LogP contribution in [0.1, 0.15) is 73.6 Å². The lowest BCUT2D eigenvalue weighted by Gasteiger charge is -2.31. The summed E-state index contributed by atoms with van der Waals surface area (Å²) in [6.45, 7) is 4.88. The summed E-state index contributed by atoms with van der Waals surface area (Å²) in [5.41, 5.74) is 0.331. The van der Waals surface area contributed by atoms with Crippen LogP contribution >= 0.6 is 0 Å². The molecule has 0 bridgehead atoms. The number of imide groups is 1. The highest BCUT2D eigenvalue weighted by molar-refractivity contribution is 6.06. The minimum atomic E-state index is -1.20. The van der Waals surface area contributed by atoms with Crippen LogP contribution in [-0.2, 0) is 9.53 Å². The van der Waals surface area contributed by atoms with E-state index in [9.17, 15) is 19.2 Å².